The third kappa shape index (κ3) is 3.83. The van der Waals surface area contributed by atoms with E-state index in [0.29, 0.717) is 34.3 Å². The number of carbonyl (C=O) groups is 1. The van der Waals surface area contributed by atoms with Gasteiger partial charge in [0.15, 0.2) is 5.82 Å². The van der Waals surface area contributed by atoms with Gasteiger partial charge in [-0.3, -0.25) is 9.78 Å². The van der Waals surface area contributed by atoms with Crippen molar-refractivity contribution in [1.82, 2.24) is 19.7 Å². The van der Waals surface area contributed by atoms with Gasteiger partial charge in [0.1, 0.15) is 6.04 Å². The number of amides is 1. The van der Waals surface area contributed by atoms with Crippen LogP contribution < -0.4 is 10.6 Å². The number of carbonyl (C=O) groups excluding carboxylic acids is 1. The zero-order valence-electron chi connectivity index (χ0n) is 17.7. The Hall–Kier alpha value is -4.77. The zero-order valence-corrected chi connectivity index (χ0v) is 17.7. The third-order valence-electron chi connectivity index (χ3n) is 5.42. The van der Waals surface area contributed by atoms with Crippen molar-refractivity contribution in [3.05, 3.63) is 102 Å². The molecule has 0 saturated heterocycles. The Kier molecular flexibility index (Phi) is 5.13. The molecular weight excluding hydrogens is 414 g/mol. The van der Waals surface area contributed by atoms with E-state index >= 15 is 0 Å². The number of benzene rings is 2. The smallest absolute Gasteiger partial charge is 0.255 e. The first-order valence-corrected chi connectivity index (χ1v) is 10.4. The van der Waals surface area contributed by atoms with Crippen LogP contribution in [-0.4, -0.2) is 25.7 Å². The molecule has 0 aliphatic carbocycles. The standard InChI is InChI=1S/C25H19N7O/c1-16-21(24(33)29-20-5-3-2-4-6-20)22(18-9-7-17(15-26)8-10-18)32-25(28-16)30-23(31-32)19-11-13-27-14-12-19/h2-14,22H,1H3,(H,29,33)(H,28,30,31). The van der Waals surface area contributed by atoms with E-state index < -0.39 is 6.04 Å². The first kappa shape index (κ1) is 20.2. The maximum absolute atomic E-state index is 13.4. The third-order valence-corrected chi connectivity index (χ3v) is 5.42. The van der Waals surface area contributed by atoms with Gasteiger partial charge in [-0.05, 0) is 48.9 Å². The Morgan fingerprint density at radius 2 is 1.79 bits per heavy atom. The van der Waals surface area contributed by atoms with E-state index in [1.54, 1.807) is 29.2 Å². The van der Waals surface area contributed by atoms with Crippen molar-refractivity contribution in [2.24, 2.45) is 0 Å². The predicted molar refractivity (Wildman–Crippen MR) is 124 cm³/mol. The molecule has 2 N–H and O–H groups in total. The fraction of sp³-hybridized carbons (Fsp3) is 0.0800. The van der Waals surface area contributed by atoms with Gasteiger partial charge in [0.05, 0.1) is 17.2 Å². The molecule has 4 aromatic rings. The number of hydrogen-bond acceptors (Lipinski definition) is 6. The molecule has 8 heteroatoms. The molecule has 2 aromatic heterocycles. The van der Waals surface area contributed by atoms with Crippen molar-refractivity contribution >= 4 is 17.5 Å². The van der Waals surface area contributed by atoms with Crippen LogP contribution in [0.25, 0.3) is 11.4 Å². The molecule has 0 saturated carbocycles. The zero-order chi connectivity index (χ0) is 22.8. The quantitative estimate of drug-likeness (QED) is 0.501. The average Bonchev–Trinajstić information content (AvgIpc) is 3.28. The van der Waals surface area contributed by atoms with Crippen molar-refractivity contribution in [2.75, 3.05) is 10.6 Å². The Morgan fingerprint density at radius 3 is 2.48 bits per heavy atom. The van der Waals surface area contributed by atoms with E-state index in [1.165, 1.54) is 0 Å². The lowest BCUT2D eigenvalue weighted by atomic mass is 9.94. The lowest BCUT2D eigenvalue weighted by Crippen LogP contribution is -2.31. The largest absolute Gasteiger partial charge is 0.328 e. The second-order valence-corrected chi connectivity index (χ2v) is 7.56. The molecule has 1 unspecified atom stereocenters. The van der Waals surface area contributed by atoms with Crippen LogP contribution in [0, 0.1) is 11.3 Å². The molecule has 160 valence electrons. The molecule has 5 rings (SSSR count). The highest BCUT2D eigenvalue weighted by atomic mass is 16.1. The van der Waals surface area contributed by atoms with Gasteiger partial charge in [-0.15, -0.1) is 5.10 Å². The lowest BCUT2D eigenvalue weighted by molar-refractivity contribution is -0.113. The predicted octanol–water partition coefficient (Wildman–Crippen LogP) is 4.14. The van der Waals surface area contributed by atoms with Gasteiger partial charge in [-0.2, -0.15) is 10.2 Å². The Labute approximate surface area is 190 Å². The number of pyridine rings is 1. The van der Waals surface area contributed by atoms with Crippen molar-refractivity contribution in [3.63, 3.8) is 0 Å². The molecule has 3 heterocycles. The Bertz CT molecular complexity index is 1380. The number of allylic oxidation sites excluding steroid dienone is 1. The minimum absolute atomic E-state index is 0.243. The summed E-state index contributed by atoms with van der Waals surface area (Å²) in [5, 5.41) is 20.1. The molecule has 0 fully saturated rings. The SMILES string of the molecule is CC1=C(C(=O)Nc2ccccc2)C(c2ccc(C#N)cc2)n2nc(-c3ccncc3)nc2N1. The summed E-state index contributed by atoms with van der Waals surface area (Å²) in [5.41, 5.74) is 4.07. The minimum Gasteiger partial charge on any atom is -0.328 e. The number of aromatic nitrogens is 4. The maximum Gasteiger partial charge on any atom is 0.255 e. The summed E-state index contributed by atoms with van der Waals surface area (Å²) in [6, 6.07) is 21.7. The molecule has 1 atom stereocenters. The summed E-state index contributed by atoms with van der Waals surface area (Å²) in [7, 11) is 0. The van der Waals surface area contributed by atoms with Gasteiger partial charge in [-0.25, -0.2) is 4.68 Å². The molecule has 33 heavy (non-hydrogen) atoms. The number of nitriles is 1. The first-order valence-electron chi connectivity index (χ1n) is 10.4. The maximum atomic E-state index is 13.4. The monoisotopic (exact) mass is 433 g/mol. The summed E-state index contributed by atoms with van der Waals surface area (Å²) >= 11 is 0. The van der Waals surface area contributed by atoms with Gasteiger partial charge in [0.2, 0.25) is 5.95 Å². The molecular formula is C25H19N7O. The highest BCUT2D eigenvalue weighted by Crippen LogP contribution is 2.36. The highest BCUT2D eigenvalue weighted by molar-refractivity contribution is 6.06. The second-order valence-electron chi connectivity index (χ2n) is 7.56. The van der Waals surface area contributed by atoms with Crippen LogP contribution in [0.15, 0.2) is 90.4 Å². The molecule has 8 nitrogen and oxygen atoms in total. The van der Waals surface area contributed by atoms with Crippen LogP contribution in [0.3, 0.4) is 0 Å². The molecule has 1 aliphatic heterocycles. The molecule has 2 aromatic carbocycles. The number of hydrogen-bond donors (Lipinski definition) is 2. The van der Waals surface area contributed by atoms with Crippen molar-refractivity contribution in [3.8, 4) is 17.5 Å². The molecule has 1 aliphatic rings. The fourth-order valence-corrected chi connectivity index (χ4v) is 3.84. The summed E-state index contributed by atoms with van der Waals surface area (Å²) in [6.07, 6.45) is 3.37. The van der Waals surface area contributed by atoms with Crippen LogP contribution in [0.4, 0.5) is 11.6 Å². The molecule has 0 bridgehead atoms. The number of anilines is 2. The van der Waals surface area contributed by atoms with Crippen LogP contribution >= 0.6 is 0 Å². The van der Waals surface area contributed by atoms with Crippen LogP contribution in [0.2, 0.25) is 0 Å². The van der Waals surface area contributed by atoms with E-state index in [9.17, 15) is 10.1 Å². The number of para-hydroxylation sites is 1. The van der Waals surface area contributed by atoms with Crippen LogP contribution in [0.5, 0.6) is 0 Å². The number of nitrogens with zero attached hydrogens (tertiary/aromatic N) is 5. The summed E-state index contributed by atoms with van der Waals surface area (Å²) in [5.74, 6) is 0.813. The highest BCUT2D eigenvalue weighted by Gasteiger charge is 2.34. The number of rotatable bonds is 4. The van der Waals surface area contributed by atoms with Crippen LogP contribution in [-0.2, 0) is 4.79 Å². The van der Waals surface area contributed by atoms with Crippen molar-refractivity contribution in [1.29, 1.82) is 5.26 Å². The topological polar surface area (TPSA) is 109 Å². The second kappa shape index (κ2) is 8.40. The normalized spacial score (nSPS) is 14.7. The Morgan fingerprint density at radius 1 is 1.06 bits per heavy atom. The van der Waals surface area contributed by atoms with Gasteiger partial charge in [0, 0.05) is 29.3 Å². The average molecular weight is 433 g/mol. The van der Waals surface area contributed by atoms with Gasteiger partial charge >= 0.3 is 0 Å². The summed E-state index contributed by atoms with van der Waals surface area (Å²) in [6.45, 7) is 1.85. The lowest BCUT2D eigenvalue weighted by Gasteiger charge is -2.28. The summed E-state index contributed by atoms with van der Waals surface area (Å²) < 4.78 is 1.71. The number of fused-ring (bicyclic) bond motifs is 1. The number of nitrogens with one attached hydrogen (secondary N) is 2. The molecule has 1 amide bonds. The van der Waals surface area contributed by atoms with E-state index in [1.807, 2.05) is 61.5 Å². The van der Waals surface area contributed by atoms with Gasteiger partial charge < -0.3 is 10.6 Å². The van der Waals surface area contributed by atoms with Gasteiger partial charge in [-0.1, -0.05) is 30.3 Å². The van der Waals surface area contributed by atoms with Gasteiger partial charge in [0.25, 0.3) is 5.91 Å². The minimum atomic E-state index is -0.527. The van der Waals surface area contributed by atoms with Crippen molar-refractivity contribution in [2.45, 2.75) is 13.0 Å². The fourth-order valence-electron chi connectivity index (χ4n) is 3.84. The van der Waals surface area contributed by atoms with E-state index in [0.717, 1.165) is 11.1 Å². The first-order chi connectivity index (χ1) is 16.1. The van der Waals surface area contributed by atoms with E-state index in [-0.39, 0.29) is 5.91 Å². The molecule has 0 spiro atoms. The van der Waals surface area contributed by atoms with Crippen LogP contribution in [0.1, 0.15) is 24.1 Å². The summed E-state index contributed by atoms with van der Waals surface area (Å²) in [4.78, 5) is 22.1. The van der Waals surface area contributed by atoms with E-state index in [4.69, 9.17) is 5.10 Å². The van der Waals surface area contributed by atoms with E-state index in [2.05, 4.69) is 26.7 Å². The van der Waals surface area contributed by atoms with Crippen molar-refractivity contribution < 1.29 is 4.79 Å². The molecule has 0 radical (unpaired) electrons. The Balaban J connectivity index is 1.61.